The number of ether oxygens (including phenoxy) is 2. The number of nitrogens with two attached hydrogens (primary N) is 1. The van der Waals surface area contributed by atoms with Crippen molar-refractivity contribution >= 4 is 33.3 Å². The van der Waals surface area contributed by atoms with Crippen LogP contribution in [0.2, 0.25) is 0 Å². The quantitative estimate of drug-likeness (QED) is 0.213. The second kappa shape index (κ2) is 12.9. The number of anilines is 1. The molecule has 3 heterocycles. The van der Waals surface area contributed by atoms with Gasteiger partial charge in [-0.3, -0.25) is 9.59 Å². The molecule has 1 fully saturated rings. The van der Waals surface area contributed by atoms with E-state index < -0.39 is 17.2 Å². The molecule has 3 aromatic carbocycles. The zero-order chi connectivity index (χ0) is 29.8. The summed E-state index contributed by atoms with van der Waals surface area (Å²) in [7, 11) is 0. The number of benzene rings is 3. The van der Waals surface area contributed by atoms with E-state index in [9.17, 15) is 9.59 Å². The van der Waals surface area contributed by atoms with Crippen molar-refractivity contribution in [3.05, 3.63) is 70.3 Å². The lowest BCUT2D eigenvalue weighted by Crippen LogP contribution is -2.32. The zero-order valence-corrected chi connectivity index (χ0v) is 24.5. The monoisotopic (exact) mass is 574 g/mol. The van der Waals surface area contributed by atoms with Crippen molar-refractivity contribution in [3.63, 3.8) is 0 Å². The van der Waals surface area contributed by atoms with Crippen LogP contribution in [0.3, 0.4) is 0 Å². The Hall–Kier alpha value is -3.95. The number of hydrogen-bond donors (Lipinski definition) is 2. The molecule has 0 radical (unpaired) electrons. The highest BCUT2D eigenvalue weighted by molar-refractivity contribution is 6.02. The van der Waals surface area contributed by atoms with Crippen LogP contribution in [0.5, 0.6) is 11.5 Å². The van der Waals surface area contributed by atoms with Crippen molar-refractivity contribution in [2.45, 2.75) is 52.5 Å². The minimum Gasteiger partial charge on any atom is -0.451 e. The summed E-state index contributed by atoms with van der Waals surface area (Å²) >= 11 is 0. The Balaban J connectivity index is 0.00000173. The summed E-state index contributed by atoms with van der Waals surface area (Å²) in [6.07, 6.45) is 4.96. The lowest BCUT2D eigenvalue weighted by molar-refractivity contribution is 0.0939. The van der Waals surface area contributed by atoms with Crippen LogP contribution in [0.4, 0.5) is 10.1 Å². The van der Waals surface area contributed by atoms with Gasteiger partial charge in [0.15, 0.2) is 17.3 Å². The number of amides is 1. The van der Waals surface area contributed by atoms with Gasteiger partial charge >= 0.3 is 0 Å². The maximum absolute atomic E-state index is 15.8. The maximum Gasteiger partial charge on any atom is 0.256 e. The molecule has 2 aliphatic heterocycles. The number of nitrogens with one attached hydrogen (secondary N) is 1. The molecule has 0 spiro atoms. The number of fused-ring (bicyclic) bond motifs is 3. The van der Waals surface area contributed by atoms with Gasteiger partial charge in [0, 0.05) is 45.1 Å². The third-order valence-corrected chi connectivity index (χ3v) is 7.65. The second-order valence-electron chi connectivity index (χ2n) is 10.5. The molecule has 6 rings (SSSR count). The standard InChI is InChI=1S/C31H33FN4O4.C2H6/c1-2-3-12-39-13-6-10-34-31(38)23-18-36-25-14-19-7-4-5-8-20(19)15-26(25)40-30-27(36)22(29(23)37)16-24(32)28(30)35-11-9-21(33)17-35;1-2/h4-5,7-8,14-16,18,21H,2-3,6,9-13,17,33H2,1H3,(H,34,38);1-2H3. The van der Waals surface area contributed by atoms with Crippen LogP contribution in [0.25, 0.3) is 27.4 Å². The fraction of sp³-hybridized carbons (Fsp3) is 0.394. The van der Waals surface area contributed by atoms with Gasteiger partial charge in [-0.1, -0.05) is 51.5 Å². The summed E-state index contributed by atoms with van der Waals surface area (Å²) in [5.41, 5.74) is 6.94. The number of hydrogen-bond acceptors (Lipinski definition) is 6. The highest BCUT2D eigenvalue weighted by atomic mass is 19.1. The number of carbonyl (C=O) groups excluding carboxylic acids is 1. The van der Waals surface area contributed by atoms with Gasteiger partial charge < -0.3 is 30.0 Å². The average Bonchev–Trinajstić information content (AvgIpc) is 3.43. The Morgan fingerprint density at radius 2 is 1.88 bits per heavy atom. The van der Waals surface area contributed by atoms with Crippen LogP contribution in [0, 0.1) is 5.82 Å². The molecular weight excluding hydrogens is 535 g/mol. The van der Waals surface area contributed by atoms with Crippen LogP contribution in [-0.2, 0) is 4.74 Å². The molecular formula is C33H39FN4O4. The number of halogens is 1. The molecule has 9 heteroatoms. The van der Waals surface area contributed by atoms with E-state index in [1.54, 1.807) is 10.8 Å². The molecule has 1 amide bonds. The lowest BCUT2D eigenvalue weighted by Gasteiger charge is -2.29. The molecule has 3 N–H and O–H groups in total. The highest BCUT2D eigenvalue weighted by Crippen LogP contribution is 2.48. The first-order valence-electron chi connectivity index (χ1n) is 15.0. The molecule has 1 unspecified atom stereocenters. The van der Waals surface area contributed by atoms with E-state index in [4.69, 9.17) is 15.2 Å². The molecule has 0 saturated carbocycles. The lowest BCUT2D eigenvalue weighted by atomic mass is 10.0. The van der Waals surface area contributed by atoms with Crippen molar-refractivity contribution in [3.8, 4) is 17.2 Å². The third-order valence-electron chi connectivity index (χ3n) is 7.65. The van der Waals surface area contributed by atoms with Crippen LogP contribution in [0.1, 0.15) is 56.8 Å². The van der Waals surface area contributed by atoms with E-state index in [1.807, 2.05) is 55.1 Å². The number of nitrogens with zero attached hydrogens (tertiary/aromatic N) is 2. The minimum absolute atomic E-state index is 0.0540. The first-order valence-corrected chi connectivity index (χ1v) is 15.0. The van der Waals surface area contributed by atoms with Gasteiger partial charge in [-0.05, 0) is 48.2 Å². The Labute approximate surface area is 245 Å². The van der Waals surface area contributed by atoms with Gasteiger partial charge in [0.2, 0.25) is 5.43 Å². The first-order chi connectivity index (χ1) is 20.5. The van der Waals surface area contributed by atoms with Crippen LogP contribution >= 0.6 is 0 Å². The molecule has 2 aliphatic rings. The molecule has 4 aromatic rings. The van der Waals surface area contributed by atoms with Gasteiger partial charge in [-0.15, -0.1) is 0 Å². The zero-order valence-electron chi connectivity index (χ0n) is 24.5. The highest BCUT2D eigenvalue weighted by Gasteiger charge is 2.32. The third kappa shape index (κ3) is 5.58. The first kappa shape index (κ1) is 29.5. The SMILES string of the molecule is CC.CCCCOCCCNC(=O)c1cn2c3c(c(N4CCC(N)C4)c(F)cc3c1=O)Oc1cc3ccccc3cc1-2. The van der Waals surface area contributed by atoms with Crippen molar-refractivity contribution in [1.82, 2.24) is 9.88 Å². The second-order valence-corrected chi connectivity index (χ2v) is 10.5. The predicted octanol–water partition coefficient (Wildman–Crippen LogP) is 5.89. The van der Waals surface area contributed by atoms with E-state index >= 15 is 4.39 Å². The Kier molecular flexibility index (Phi) is 9.09. The minimum atomic E-state index is -0.578. The normalized spacial score (nSPS) is 15.3. The Bertz CT molecular complexity index is 1670. The topological polar surface area (TPSA) is 98.8 Å². The molecule has 1 aromatic heterocycles. The maximum atomic E-state index is 15.8. The number of carbonyl (C=O) groups is 1. The van der Waals surface area contributed by atoms with Gasteiger partial charge in [0.1, 0.15) is 16.8 Å². The Morgan fingerprint density at radius 1 is 1.14 bits per heavy atom. The van der Waals surface area contributed by atoms with E-state index in [1.165, 1.54) is 6.07 Å². The van der Waals surface area contributed by atoms with E-state index in [0.717, 1.165) is 30.0 Å². The Morgan fingerprint density at radius 3 is 2.60 bits per heavy atom. The number of pyridine rings is 1. The van der Waals surface area contributed by atoms with E-state index in [-0.39, 0.29) is 28.4 Å². The van der Waals surface area contributed by atoms with Gasteiger partial charge in [0.25, 0.3) is 5.91 Å². The summed E-state index contributed by atoms with van der Waals surface area (Å²) < 4.78 is 29.5. The molecule has 222 valence electrons. The predicted molar refractivity (Wildman–Crippen MR) is 166 cm³/mol. The van der Waals surface area contributed by atoms with Gasteiger partial charge in [-0.2, -0.15) is 0 Å². The molecule has 0 aliphatic carbocycles. The summed E-state index contributed by atoms with van der Waals surface area (Å²) in [4.78, 5) is 28.7. The van der Waals surface area contributed by atoms with E-state index in [2.05, 4.69) is 12.2 Å². The van der Waals surface area contributed by atoms with Crippen LogP contribution in [-0.4, -0.2) is 49.4 Å². The van der Waals surface area contributed by atoms with Crippen molar-refractivity contribution in [2.24, 2.45) is 5.73 Å². The average molecular weight is 575 g/mol. The number of unbranched alkanes of at least 4 members (excludes halogenated alkanes) is 1. The molecule has 1 saturated heterocycles. The number of rotatable bonds is 9. The molecule has 1 atom stereocenters. The van der Waals surface area contributed by atoms with Crippen LogP contribution < -0.4 is 26.1 Å². The summed E-state index contributed by atoms with van der Waals surface area (Å²) in [5.74, 6) is -0.303. The van der Waals surface area contributed by atoms with E-state index in [0.29, 0.717) is 56.2 Å². The van der Waals surface area contributed by atoms with Crippen LogP contribution in [0.15, 0.2) is 53.5 Å². The molecule has 42 heavy (non-hydrogen) atoms. The van der Waals surface area contributed by atoms with Crippen molar-refractivity contribution in [1.29, 1.82) is 0 Å². The number of aromatic nitrogens is 1. The fourth-order valence-corrected chi connectivity index (χ4v) is 5.56. The largest absolute Gasteiger partial charge is 0.451 e. The molecule has 8 nitrogen and oxygen atoms in total. The smallest absolute Gasteiger partial charge is 0.256 e. The van der Waals surface area contributed by atoms with Gasteiger partial charge in [-0.25, -0.2) is 4.39 Å². The summed E-state index contributed by atoms with van der Waals surface area (Å²) in [6.45, 7) is 8.74. The summed E-state index contributed by atoms with van der Waals surface area (Å²) in [6, 6.07) is 12.9. The summed E-state index contributed by atoms with van der Waals surface area (Å²) in [5, 5.41) is 4.86. The van der Waals surface area contributed by atoms with Crippen molar-refractivity contribution < 1.29 is 18.7 Å². The fourth-order valence-electron chi connectivity index (χ4n) is 5.56. The van der Waals surface area contributed by atoms with Gasteiger partial charge in [0.05, 0.1) is 11.1 Å². The molecule has 0 bridgehead atoms. The van der Waals surface area contributed by atoms with Crippen molar-refractivity contribution in [2.75, 3.05) is 37.7 Å².